The monoisotopic (exact) mass is 308 g/mol. The maximum absolute atomic E-state index is 12.4. The van der Waals surface area contributed by atoms with Gasteiger partial charge in [0, 0.05) is 18.7 Å². The van der Waals surface area contributed by atoms with E-state index < -0.39 is 20.0 Å². The molecule has 0 spiro atoms. The second kappa shape index (κ2) is 5.01. The fourth-order valence-electron chi connectivity index (χ4n) is 2.30. The van der Waals surface area contributed by atoms with Gasteiger partial charge in [-0.3, -0.25) is 15.1 Å². The van der Waals surface area contributed by atoms with E-state index in [1.54, 1.807) is 0 Å². The van der Waals surface area contributed by atoms with Gasteiger partial charge in [-0.15, -0.1) is 0 Å². The smallest absolute Gasteiger partial charge is 0.271 e. The Balaban J connectivity index is 2.05. The van der Waals surface area contributed by atoms with Crippen molar-refractivity contribution in [2.75, 3.05) is 13.1 Å². The van der Waals surface area contributed by atoms with Crippen LogP contribution >= 0.6 is 0 Å². The van der Waals surface area contributed by atoms with Crippen LogP contribution in [-0.4, -0.2) is 41.6 Å². The first kappa shape index (κ1) is 13.8. The van der Waals surface area contributed by atoms with Gasteiger partial charge >= 0.3 is 0 Å². The van der Waals surface area contributed by atoms with Crippen LogP contribution in [0.2, 0.25) is 0 Å². The summed E-state index contributed by atoms with van der Waals surface area (Å²) in [4.78, 5) is 18.3. The molecule has 0 amide bonds. The van der Waals surface area contributed by atoms with Gasteiger partial charge in [0.2, 0.25) is 9.84 Å². The molecule has 1 atom stereocenters. The minimum Gasteiger partial charge on any atom is -0.315 e. The Labute approximate surface area is 120 Å². The molecule has 1 saturated heterocycles. The third-order valence-corrected chi connectivity index (χ3v) is 5.52. The van der Waals surface area contributed by atoms with Crippen molar-refractivity contribution in [1.82, 2.24) is 15.3 Å². The third kappa shape index (κ3) is 2.45. The van der Waals surface area contributed by atoms with E-state index in [0.717, 1.165) is 0 Å². The predicted molar refractivity (Wildman–Crippen MR) is 74.7 cm³/mol. The number of nitrogens with zero attached hydrogens (tertiary/aromatic N) is 3. The largest absolute Gasteiger partial charge is 0.315 e. The Morgan fingerprint density at radius 3 is 2.81 bits per heavy atom. The molecule has 0 radical (unpaired) electrons. The fraction of sp³-hybridized carbons (Fsp3) is 0.333. The SMILES string of the molecule is O=[N+]([O-])c1ccc2nc(S(=O)(=O)C3CCNC3)cnc2c1. The summed E-state index contributed by atoms with van der Waals surface area (Å²) in [5.41, 5.74) is 0.521. The van der Waals surface area contributed by atoms with E-state index >= 15 is 0 Å². The first-order chi connectivity index (χ1) is 9.98. The maximum atomic E-state index is 12.4. The lowest BCUT2D eigenvalue weighted by Crippen LogP contribution is -2.24. The highest BCUT2D eigenvalue weighted by molar-refractivity contribution is 7.92. The summed E-state index contributed by atoms with van der Waals surface area (Å²) in [6, 6.07) is 3.97. The number of hydrogen-bond donors (Lipinski definition) is 1. The first-order valence-electron chi connectivity index (χ1n) is 6.34. The molecule has 1 fully saturated rings. The van der Waals surface area contributed by atoms with E-state index in [4.69, 9.17) is 0 Å². The Morgan fingerprint density at radius 1 is 1.33 bits per heavy atom. The van der Waals surface area contributed by atoms with Crippen molar-refractivity contribution in [2.45, 2.75) is 16.7 Å². The molecule has 1 aliphatic heterocycles. The van der Waals surface area contributed by atoms with Crippen molar-refractivity contribution in [3.63, 3.8) is 0 Å². The Morgan fingerprint density at radius 2 is 2.14 bits per heavy atom. The van der Waals surface area contributed by atoms with Gasteiger partial charge in [0.1, 0.15) is 0 Å². The molecular formula is C12H12N4O4S. The van der Waals surface area contributed by atoms with Gasteiger partial charge < -0.3 is 5.32 Å². The molecule has 3 rings (SSSR count). The van der Waals surface area contributed by atoms with Crippen LogP contribution in [0.5, 0.6) is 0 Å². The average Bonchev–Trinajstić information content (AvgIpc) is 3.01. The zero-order valence-electron chi connectivity index (χ0n) is 10.9. The summed E-state index contributed by atoms with van der Waals surface area (Å²) in [6.07, 6.45) is 1.71. The van der Waals surface area contributed by atoms with Crippen LogP contribution in [0.3, 0.4) is 0 Å². The van der Waals surface area contributed by atoms with E-state index in [-0.39, 0.29) is 10.7 Å². The van der Waals surface area contributed by atoms with Gasteiger partial charge in [0.05, 0.1) is 27.4 Å². The number of hydrogen-bond acceptors (Lipinski definition) is 7. The highest BCUT2D eigenvalue weighted by Gasteiger charge is 2.31. The molecule has 9 heteroatoms. The molecule has 0 saturated carbocycles. The van der Waals surface area contributed by atoms with E-state index in [9.17, 15) is 18.5 Å². The minimum atomic E-state index is -3.53. The molecule has 2 heterocycles. The van der Waals surface area contributed by atoms with Crippen LogP contribution in [0.15, 0.2) is 29.4 Å². The number of nitro groups is 1. The van der Waals surface area contributed by atoms with E-state index in [0.29, 0.717) is 30.5 Å². The van der Waals surface area contributed by atoms with Crippen LogP contribution < -0.4 is 5.32 Å². The molecule has 0 aliphatic carbocycles. The van der Waals surface area contributed by atoms with Crippen molar-refractivity contribution < 1.29 is 13.3 Å². The van der Waals surface area contributed by atoms with E-state index in [1.807, 2.05) is 0 Å². The lowest BCUT2D eigenvalue weighted by atomic mass is 10.3. The third-order valence-electron chi connectivity index (χ3n) is 3.46. The van der Waals surface area contributed by atoms with Crippen LogP contribution in [0, 0.1) is 10.1 Å². The molecule has 1 aliphatic rings. The second-order valence-electron chi connectivity index (χ2n) is 4.80. The lowest BCUT2D eigenvalue weighted by Gasteiger charge is -2.09. The summed E-state index contributed by atoms with van der Waals surface area (Å²) in [7, 11) is -3.53. The van der Waals surface area contributed by atoms with Crippen molar-refractivity contribution in [3.05, 3.63) is 34.5 Å². The molecule has 8 nitrogen and oxygen atoms in total. The summed E-state index contributed by atoms with van der Waals surface area (Å²) in [6.45, 7) is 1.07. The minimum absolute atomic E-state index is 0.0856. The predicted octanol–water partition coefficient (Wildman–Crippen LogP) is 0.674. The van der Waals surface area contributed by atoms with Crippen LogP contribution in [0.1, 0.15) is 6.42 Å². The zero-order chi connectivity index (χ0) is 15.0. The molecule has 2 aromatic rings. The number of benzene rings is 1. The van der Waals surface area contributed by atoms with E-state index in [2.05, 4.69) is 15.3 Å². The van der Waals surface area contributed by atoms with Crippen molar-refractivity contribution in [1.29, 1.82) is 0 Å². The van der Waals surface area contributed by atoms with Crippen LogP contribution in [-0.2, 0) is 9.84 Å². The van der Waals surface area contributed by atoms with Gasteiger partial charge in [-0.1, -0.05) is 0 Å². The molecule has 0 bridgehead atoms. The summed E-state index contributed by atoms with van der Waals surface area (Å²) >= 11 is 0. The quantitative estimate of drug-likeness (QED) is 0.654. The first-order valence-corrected chi connectivity index (χ1v) is 7.89. The van der Waals surface area contributed by atoms with Crippen molar-refractivity contribution >= 4 is 26.6 Å². The number of non-ortho nitro benzene ring substituents is 1. The number of fused-ring (bicyclic) bond motifs is 1. The molecule has 1 aromatic heterocycles. The van der Waals surface area contributed by atoms with Gasteiger partial charge in [0.25, 0.3) is 5.69 Å². The lowest BCUT2D eigenvalue weighted by molar-refractivity contribution is -0.384. The number of rotatable bonds is 3. The van der Waals surface area contributed by atoms with Gasteiger partial charge in [0.15, 0.2) is 5.03 Å². The van der Waals surface area contributed by atoms with Crippen molar-refractivity contribution in [2.24, 2.45) is 0 Å². The molecule has 1 unspecified atom stereocenters. The van der Waals surface area contributed by atoms with Gasteiger partial charge in [-0.25, -0.2) is 13.4 Å². The molecule has 110 valence electrons. The molecule has 21 heavy (non-hydrogen) atoms. The summed E-state index contributed by atoms with van der Waals surface area (Å²) < 4.78 is 24.8. The zero-order valence-corrected chi connectivity index (χ0v) is 11.7. The maximum Gasteiger partial charge on any atom is 0.271 e. The second-order valence-corrected chi connectivity index (χ2v) is 6.97. The highest BCUT2D eigenvalue weighted by Crippen LogP contribution is 2.22. The Bertz CT molecular complexity index is 815. The fourth-order valence-corrected chi connectivity index (χ4v) is 3.83. The van der Waals surface area contributed by atoms with E-state index in [1.165, 1.54) is 24.4 Å². The van der Waals surface area contributed by atoms with Gasteiger partial charge in [-0.2, -0.15) is 0 Å². The number of sulfone groups is 1. The molecule has 1 N–H and O–H groups in total. The normalized spacial score (nSPS) is 19.0. The topological polar surface area (TPSA) is 115 Å². The molecule has 1 aromatic carbocycles. The summed E-state index contributed by atoms with van der Waals surface area (Å²) in [5, 5.41) is 13.1. The number of nitro benzene ring substituents is 1. The Kier molecular flexibility index (Phi) is 3.30. The Hall–Kier alpha value is -2.13. The summed E-state index contributed by atoms with van der Waals surface area (Å²) in [5.74, 6) is 0. The van der Waals surface area contributed by atoms with Crippen LogP contribution in [0.25, 0.3) is 11.0 Å². The standard InChI is InChI=1S/C12H12N4O4S/c17-16(18)8-1-2-10-11(5-8)14-7-12(15-10)21(19,20)9-3-4-13-6-9/h1-2,5,7,9,13H,3-4,6H2. The molecular weight excluding hydrogens is 296 g/mol. The average molecular weight is 308 g/mol. The van der Waals surface area contributed by atoms with Gasteiger partial charge in [-0.05, 0) is 19.0 Å². The number of nitrogens with one attached hydrogen (secondary N) is 1. The number of aromatic nitrogens is 2. The van der Waals surface area contributed by atoms with Crippen molar-refractivity contribution in [3.8, 4) is 0 Å². The highest BCUT2D eigenvalue weighted by atomic mass is 32.2. The van der Waals surface area contributed by atoms with Crippen LogP contribution in [0.4, 0.5) is 5.69 Å².